The Morgan fingerprint density at radius 1 is 1.29 bits per heavy atom. The Morgan fingerprint density at radius 2 is 2.19 bits per heavy atom. The van der Waals surface area contributed by atoms with Crippen molar-refractivity contribution in [2.75, 3.05) is 37.6 Å². The van der Waals surface area contributed by atoms with E-state index in [1.807, 2.05) is 12.1 Å². The monoisotopic (exact) mass is 286 g/mol. The number of anilines is 1. The van der Waals surface area contributed by atoms with Gasteiger partial charge in [-0.05, 0) is 37.3 Å². The molecule has 112 valence electrons. The average Bonchev–Trinajstić information content (AvgIpc) is 2.93. The van der Waals surface area contributed by atoms with Crippen LogP contribution in [0.25, 0.3) is 0 Å². The van der Waals surface area contributed by atoms with E-state index in [1.165, 1.54) is 12.8 Å². The lowest BCUT2D eigenvalue weighted by Crippen LogP contribution is -2.41. The predicted octanol–water partition coefficient (Wildman–Crippen LogP) is 1.24. The predicted molar refractivity (Wildman–Crippen MR) is 81.0 cm³/mol. The van der Waals surface area contributed by atoms with E-state index in [4.69, 9.17) is 5.26 Å². The molecule has 1 N–H and O–H groups in total. The number of hydrogen-bond donors (Lipinski definition) is 1. The van der Waals surface area contributed by atoms with E-state index in [1.54, 1.807) is 6.20 Å². The van der Waals surface area contributed by atoms with Gasteiger partial charge in [-0.25, -0.2) is 4.98 Å². The van der Waals surface area contributed by atoms with Crippen molar-refractivity contribution >= 4 is 5.82 Å². The molecule has 2 aliphatic heterocycles. The number of nitrogens with zero attached hydrogens (tertiary/aromatic N) is 4. The van der Waals surface area contributed by atoms with Crippen LogP contribution >= 0.6 is 0 Å². The quantitative estimate of drug-likeness (QED) is 0.905. The molecule has 0 aliphatic carbocycles. The molecule has 5 nitrogen and oxygen atoms in total. The molecule has 2 atom stereocenters. The highest BCUT2D eigenvalue weighted by atomic mass is 16.3. The summed E-state index contributed by atoms with van der Waals surface area (Å²) < 4.78 is 0. The van der Waals surface area contributed by atoms with Crippen LogP contribution in [0.5, 0.6) is 0 Å². The van der Waals surface area contributed by atoms with Crippen molar-refractivity contribution in [3.8, 4) is 6.07 Å². The number of pyridine rings is 1. The lowest BCUT2D eigenvalue weighted by Gasteiger charge is -2.35. The third-order valence-electron chi connectivity index (χ3n) is 4.48. The largest absolute Gasteiger partial charge is 0.392 e. The minimum absolute atomic E-state index is 0.134. The third-order valence-corrected chi connectivity index (χ3v) is 4.48. The summed E-state index contributed by atoms with van der Waals surface area (Å²) in [7, 11) is 0. The van der Waals surface area contributed by atoms with Crippen molar-refractivity contribution in [3.05, 3.63) is 23.9 Å². The van der Waals surface area contributed by atoms with Crippen LogP contribution in [0.15, 0.2) is 18.3 Å². The molecule has 21 heavy (non-hydrogen) atoms. The number of hydrogen-bond acceptors (Lipinski definition) is 5. The summed E-state index contributed by atoms with van der Waals surface area (Å²) in [5, 5.41) is 18.5. The van der Waals surface area contributed by atoms with Crippen LogP contribution in [-0.4, -0.2) is 53.8 Å². The Labute approximate surface area is 125 Å². The number of nitriles is 1. The van der Waals surface area contributed by atoms with Gasteiger partial charge < -0.3 is 14.9 Å². The number of aliphatic hydroxyl groups excluding tert-OH is 1. The first-order chi connectivity index (χ1) is 10.2. The third kappa shape index (κ3) is 3.52. The standard InChI is InChI=1S/C16H22N4O/c17-8-13-3-4-16(18-9-13)20-6-1-2-14(11-20)10-19-7-5-15(21)12-19/h3-4,9,14-15,21H,1-2,5-7,10-12H2. The van der Waals surface area contributed by atoms with Crippen molar-refractivity contribution in [1.82, 2.24) is 9.88 Å². The van der Waals surface area contributed by atoms with Crippen molar-refractivity contribution < 1.29 is 5.11 Å². The smallest absolute Gasteiger partial charge is 0.128 e. The molecule has 3 rings (SSSR count). The minimum atomic E-state index is -0.134. The van der Waals surface area contributed by atoms with Crippen molar-refractivity contribution in [2.45, 2.75) is 25.4 Å². The van der Waals surface area contributed by atoms with E-state index in [-0.39, 0.29) is 6.10 Å². The number of aliphatic hydroxyl groups is 1. The zero-order valence-electron chi connectivity index (χ0n) is 12.3. The molecule has 5 heteroatoms. The van der Waals surface area contributed by atoms with Gasteiger partial charge in [0.05, 0.1) is 11.7 Å². The Kier molecular flexibility index (Phi) is 4.37. The molecule has 2 saturated heterocycles. The van der Waals surface area contributed by atoms with E-state index in [9.17, 15) is 5.11 Å². The highest BCUT2D eigenvalue weighted by Crippen LogP contribution is 2.23. The first kappa shape index (κ1) is 14.3. The van der Waals surface area contributed by atoms with Gasteiger partial charge in [-0.15, -0.1) is 0 Å². The molecule has 3 heterocycles. The summed E-state index contributed by atoms with van der Waals surface area (Å²) >= 11 is 0. The highest BCUT2D eigenvalue weighted by Gasteiger charge is 2.26. The second-order valence-electron chi connectivity index (χ2n) is 6.17. The van der Waals surface area contributed by atoms with Gasteiger partial charge >= 0.3 is 0 Å². The average molecular weight is 286 g/mol. The second-order valence-corrected chi connectivity index (χ2v) is 6.17. The zero-order valence-corrected chi connectivity index (χ0v) is 12.3. The van der Waals surface area contributed by atoms with E-state index in [2.05, 4.69) is 20.9 Å². The zero-order chi connectivity index (χ0) is 14.7. The molecular weight excluding hydrogens is 264 g/mol. The Morgan fingerprint density at radius 3 is 2.86 bits per heavy atom. The fraction of sp³-hybridized carbons (Fsp3) is 0.625. The first-order valence-corrected chi connectivity index (χ1v) is 7.76. The minimum Gasteiger partial charge on any atom is -0.392 e. The second kappa shape index (κ2) is 6.42. The first-order valence-electron chi connectivity index (χ1n) is 7.76. The molecular formula is C16H22N4O. The van der Waals surface area contributed by atoms with Gasteiger partial charge in [0, 0.05) is 38.9 Å². The van der Waals surface area contributed by atoms with Crippen LogP contribution in [0.4, 0.5) is 5.82 Å². The Balaban J connectivity index is 1.58. The number of piperidine rings is 1. The molecule has 2 fully saturated rings. The van der Waals surface area contributed by atoms with Crippen LogP contribution in [0.2, 0.25) is 0 Å². The van der Waals surface area contributed by atoms with Crippen LogP contribution in [0.3, 0.4) is 0 Å². The Hall–Kier alpha value is -1.64. The molecule has 2 unspecified atom stereocenters. The van der Waals surface area contributed by atoms with Gasteiger partial charge in [0.1, 0.15) is 11.9 Å². The van der Waals surface area contributed by atoms with Crippen LogP contribution < -0.4 is 4.90 Å². The summed E-state index contributed by atoms with van der Waals surface area (Å²) in [5.41, 5.74) is 0.610. The van der Waals surface area contributed by atoms with Crippen LogP contribution in [0, 0.1) is 17.2 Å². The molecule has 2 aliphatic rings. The summed E-state index contributed by atoms with van der Waals surface area (Å²) in [6, 6.07) is 5.89. The van der Waals surface area contributed by atoms with Gasteiger partial charge in [-0.2, -0.15) is 5.26 Å². The van der Waals surface area contributed by atoms with Gasteiger partial charge in [0.25, 0.3) is 0 Å². The molecule has 1 aromatic rings. The van der Waals surface area contributed by atoms with Crippen molar-refractivity contribution in [2.24, 2.45) is 5.92 Å². The number of aromatic nitrogens is 1. The fourth-order valence-electron chi connectivity index (χ4n) is 3.40. The van der Waals surface area contributed by atoms with E-state index < -0.39 is 0 Å². The maximum atomic E-state index is 9.62. The Bertz CT molecular complexity index is 510. The lowest BCUT2D eigenvalue weighted by atomic mass is 9.97. The number of rotatable bonds is 3. The van der Waals surface area contributed by atoms with E-state index in [0.29, 0.717) is 11.5 Å². The summed E-state index contributed by atoms with van der Waals surface area (Å²) in [6.45, 7) is 4.98. The normalized spacial score (nSPS) is 26.8. The fourth-order valence-corrected chi connectivity index (χ4v) is 3.40. The topological polar surface area (TPSA) is 63.4 Å². The van der Waals surface area contributed by atoms with Gasteiger partial charge in [-0.1, -0.05) is 0 Å². The number of β-amino-alcohol motifs (C(OH)–C–C–N with tert-alkyl or cyclic N) is 1. The molecule has 0 spiro atoms. The van der Waals surface area contributed by atoms with Gasteiger partial charge in [-0.3, -0.25) is 0 Å². The molecule has 1 aromatic heterocycles. The molecule has 0 bridgehead atoms. The van der Waals surface area contributed by atoms with Gasteiger partial charge in [0.15, 0.2) is 0 Å². The SMILES string of the molecule is N#Cc1ccc(N2CCCC(CN3CCC(O)C3)C2)nc1. The van der Waals surface area contributed by atoms with Crippen molar-refractivity contribution in [3.63, 3.8) is 0 Å². The summed E-state index contributed by atoms with van der Waals surface area (Å²) in [6.07, 6.45) is 4.86. The number of likely N-dealkylation sites (tertiary alicyclic amines) is 1. The van der Waals surface area contributed by atoms with Gasteiger partial charge in [0.2, 0.25) is 0 Å². The summed E-state index contributed by atoms with van der Waals surface area (Å²) in [5.74, 6) is 1.61. The maximum Gasteiger partial charge on any atom is 0.128 e. The van der Waals surface area contributed by atoms with E-state index >= 15 is 0 Å². The lowest BCUT2D eigenvalue weighted by molar-refractivity contribution is 0.167. The van der Waals surface area contributed by atoms with E-state index in [0.717, 1.165) is 45.0 Å². The molecule has 0 aromatic carbocycles. The summed E-state index contributed by atoms with van der Waals surface area (Å²) in [4.78, 5) is 9.10. The van der Waals surface area contributed by atoms with Crippen molar-refractivity contribution in [1.29, 1.82) is 5.26 Å². The molecule has 0 amide bonds. The molecule has 0 radical (unpaired) electrons. The molecule has 0 saturated carbocycles. The van der Waals surface area contributed by atoms with Crippen LogP contribution in [-0.2, 0) is 0 Å². The van der Waals surface area contributed by atoms with Crippen LogP contribution in [0.1, 0.15) is 24.8 Å². The highest BCUT2D eigenvalue weighted by molar-refractivity contribution is 5.42. The maximum absolute atomic E-state index is 9.62.